The van der Waals surface area contributed by atoms with Crippen LogP contribution in [-0.2, 0) is 22.7 Å². The zero-order chi connectivity index (χ0) is 14.1. The predicted molar refractivity (Wildman–Crippen MR) is 74.4 cm³/mol. The molecule has 0 amide bonds. The highest BCUT2D eigenvalue weighted by Gasteiger charge is 2.45. The molecule has 18 heavy (non-hydrogen) atoms. The van der Waals surface area contributed by atoms with Crippen molar-refractivity contribution < 1.29 is 33.0 Å². The molecule has 2 N–H and O–H groups in total. The van der Waals surface area contributed by atoms with Gasteiger partial charge in [0.15, 0.2) is 0 Å². The molecular weight excluding hydrogens is 341 g/mol. The third-order valence-corrected chi connectivity index (χ3v) is 6.49. The molecule has 0 fully saturated rings. The van der Waals surface area contributed by atoms with E-state index in [1.54, 1.807) is 0 Å². The van der Waals surface area contributed by atoms with Gasteiger partial charge in [0.1, 0.15) is 0 Å². The number of aliphatic hydroxyl groups is 2. The molecule has 0 bridgehead atoms. The molecule has 0 aliphatic carbocycles. The fourth-order valence-corrected chi connectivity index (χ4v) is 4.86. The van der Waals surface area contributed by atoms with Gasteiger partial charge in [-0.2, -0.15) is 25.3 Å². The summed E-state index contributed by atoms with van der Waals surface area (Å²) in [6.07, 6.45) is -1.24. The summed E-state index contributed by atoms with van der Waals surface area (Å²) < 4.78 is 43.5. The summed E-state index contributed by atoms with van der Waals surface area (Å²) in [5.74, 6) is -2.08. The Hall–Kier alpha value is 0.840. The van der Waals surface area contributed by atoms with E-state index in [2.05, 4.69) is 25.3 Å². The minimum atomic E-state index is -2.68. The molecule has 4 atom stereocenters. The topological polar surface area (TPSA) is 110 Å². The van der Waals surface area contributed by atoms with Crippen molar-refractivity contribution in [2.24, 2.45) is 0 Å². The highest BCUT2D eigenvalue weighted by Crippen LogP contribution is 2.42. The second-order valence-electron chi connectivity index (χ2n) is 2.83. The van der Waals surface area contributed by atoms with Crippen molar-refractivity contribution in [2.45, 2.75) is 11.7 Å². The van der Waals surface area contributed by atoms with Crippen molar-refractivity contribution in [3.05, 3.63) is 0 Å². The molecule has 0 saturated carbocycles. The Morgan fingerprint density at radius 3 is 1.44 bits per heavy atom. The third-order valence-electron chi connectivity index (χ3n) is 1.65. The smallest absolute Gasteiger partial charge is 0.353 e. The summed E-state index contributed by atoms with van der Waals surface area (Å²) in [4.78, 5) is 0. The lowest BCUT2D eigenvalue weighted by molar-refractivity contribution is 0.206. The maximum Gasteiger partial charge on any atom is 0.706 e. The van der Waals surface area contributed by atoms with Crippen molar-refractivity contribution >= 4 is 49.1 Å². The summed E-state index contributed by atoms with van der Waals surface area (Å²) in [6, 6.07) is 0. The standard InChI is InChI=1S/C6H12O7P3S2/c7-3-14(9)5(1-17)12-16(11)13-6(2-18)15(10)4-8/h5-8H,1-4H2/q+1/p+2. The Bertz CT molecular complexity index is 288. The average molecular weight is 355 g/mol. The van der Waals surface area contributed by atoms with Crippen LogP contribution in [0.15, 0.2) is 0 Å². The van der Waals surface area contributed by atoms with E-state index in [1.165, 1.54) is 0 Å². The first kappa shape index (κ1) is 18.8. The lowest BCUT2D eigenvalue weighted by Gasteiger charge is -1.96. The number of hydrogen-bond acceptors (Lipinski definition) is 9. The van der Waals surface area contributed by atoms with Gasteiger partial charge in [0.05, 0.1) is 11.5 Å². The molecule has 7 nitrogen and oxygen atoms in total. The van der Waals surface area contributed by atoms with E-state index < -0.39 is 48.2 Å². The van der Waals surface area contributed by atoms with Gasteiger partial charge in [0.25, 0.3) is 0 Å². The van der Waals surface area contributed by atoms with Gasteiger partial charge in [-0.05, 0) is 0 Å². The molecule has 0 rings (SSSR count). The zero-order valence-corrected chi connectivity index (χ0v) is 13.6. The highest BCUT2D eigenvalue weighted by atomic mass is 32.1. The van der Waals surface area contributed by atoms with Crippen LogP contribution in [0.4, 0.5) is 0 Å². The zero-order valence-electron chi connectivity index (χ0n) is 9.15. The molecule has 0 aromatic carbocycles. The molecule has 0 aromatic rings. The lowest BCUT2D eigenvalue weighted by Crippen LogP contribution is -2.11. The molecule has 12 heteroatoms. The molecule has 0 aromatic heterocycles. The van der Waals surface area contributed by atoms with Gasteiger partial charge in [-0.3, -0.25) is 0 Å². The summed E-state index contributed by atoms with van der Waals surface area (Å²) >= 11 is 7.68. The predicted octanol–water partition coefficient (Wildman–Crippen LogP) is 1.74. The van der Waals surface area contributed by atoms with Crippen LogP contribution in [-0.4, -0.2) is 46.1 Å². The van der Waals surface area contributed by atoms with E-state index in [0.29, 0.717) is 0 Å². The Labute approximate surface area is 118 Å². The molecule has 0 saturated heterocycles. The van der Waals surface area contributed by atoms with Crippen LogP contribution in [0.5, 0.6) is 0 Å². The first-order chi connectivity index (χ1) is 8.49. The Morgan fingerprint density at radius 2 is 1.22 bits per heavy atom. The van der Waals surface area contributed by atoms with Crippen molar-refractivity contribution in [1.29, 1.82) is 0 Å². The van der Waals surface area contributed by atoms with E-state index in [-0.39, 0.29) is 11.5 Å². The quantitative estimate of drug-likeness (QED) is 0.349. The molecular formula is C6H14O7P3S2+3. The van der Waals surface area contributed by atoms with Crippen molar-refractivity contribution in [3.8, 4) is 0 Å². The highest BCUT2D eigenvalue weighted by molar-refractivity contribution is 7.80. The second kappa shape index (κ2) is 10.6. The average Bonchev–Trinajstić information content (AvgIpc) is 2.40. The number of thiol groups is 2. The Balaban J connectivity index is 4.39. The maximum absolute atomic E-state index is 11.4. The fraction of sp³-hybridized carbons (Fsp3) is 1.00. The summed E-state index contributed by atoms with van der Waals surface area (Å²) in [5, 5.41) is 17.4. The van der Waals surface area contributed by atoms with Gasteiger partial charge in [-0.25, -0.2) is 0 Å². The fourth-order valence-electron chi connectivity index (χ4n) is 0.760. The Morgan fingerprint density at radius 1 is 0.889 bits per heavy atom. The van der Waals surface area contributed by atoms with E-state index in [0.717, 1.165) is 0 Å². The summed E-state index contributed by atoms with van der Waals surface area (Å²) in [5.41, 5.74) is 0. The normalized spacial score (nSPS) is 17.0. The molecule has 4 unspecified atom stereocenters. The van der Waals surface area contributed by atoms with Crippen LogP contribution in [0.2, 0.25) is 0 Å². The Kier molecular flexibility index (Phi) is 11.1. The van der Waals surface area contributed by atoms with Crippen LogP contribution < -0.4 is 0 Å². The molecule has 104 valence electrons. The third kappa shape index (κ3) is 6.85. The van der Waals surface area contributed by atoms with Crippen LogP contribution >= 0.6 is 49.1 Å². The molecule has 0 radical (unpaired) electrons. The first-order valence-electron chi connectivity index (χ1n) is 4.61. The van der Waals surface area contributed by atoms with E-state index in [4.69, 9.17) is 19.3 Å². The first-order valence-corrected chi connectivity index (χ1v) is 10.0. The molecule has 0 heterocycles. The van der Waals surface area contributed by atoms with Gasteiger partial charge in [0.2, 0.25) is 12.7 Å². The summed E-state index contributed by atoms with van der Waals surface area (Å²) in [6.45, 7) is 0. The lowest BCUT2D eigenvalue weighted by atomic mass is 10.9. The number of rotatable bonds is 10. The molecule has 0 spiro atoms. The maximum atomic E-state index is 11.4. The number of hydrogen-bond donors (Lipinski definition) is 4. The van der Waals surface area contributed by atoms with E-state index in [1.807, 2.05) is 0 Å². The van der Waals surface area contributed by atoms with Gasteiger partial charge >= 0.3 is 35.5 Å². The van der Waals surface area contributed by atoms with Crippen LogP contribution in [0.1, 0.15) is 0 Å². The SMILES string of the molecule is O=[P+](OC(CS)[P+](=O)CO)OC(CS)[P+](=O)CO. The van der Waals surface area contributed by atoms with Crippen molar-refractivity contribution in [1.82, 2.24) is 0 Å². The second-order valence-corrected chi connectivity index (χ2v) is 7.81. The van der Waals surface area contributed by atoms with Gasteiger partial charge < -0.3 is 10.2 Å². The van der Waals surface area contributed by atoms with Crippen LogP contribution in [0.3, 0.4) is 0 Å². The minimum absolute atomic E-state index is 0.0160. The number of aliphatic hydroxyl groups excluding tert-OH is 2. The largest absolute Gasteiger partial charge is 0.706 e. The van der Waals surface area contributed by atoms with Crippen molar-refractivity contribution in [3.63, 3.8) is 0 Å². The van der Waals surface area contributed by atoms with Gasteiger partial charge in [-0.15, -0.1) is 0 Å². The van der Waals surface area contributed by atoms with E-state index >= 15 is 0 Å². The van der Waals surface area contributed by atoms with Crippen LogP contribution in [0, 0.1) is 0 Å². The van der Waals surface area contributed by atoms with Gasteiger partial charge in [-0.1, -0.05) is 18.2 Å². The van der Waals surface area contributed by atoms with E-state index in [9.17, 15) is 13.7 Å². The van der Waals surface area contributed by atoms with Gasteiger partial charge in [0, 0.05) is 4.57 Å². The van der Waals surface area contributed by atoms with Crippen LogP contribution in [0.25, 0.3) is 0 Å². The molecule has 0 aliphatic heterocycles. The monoisotopic (exact) mass is 355 g/mol. The minimum Gasteiger partial charge on any atom is -0.353 e. The molecule has 0 aliphatic rings. The van der Waals surface area contributed by atoms with Crippen molar-refractivity contribution in [2.75, 3.05) is 24.2 Å². The summed E-state index contributed by atoms with van der Waals surface area (Å²) in [7, 11) is -6.93.